The summed E-state index contributed by atoms with van der Waals surface area (Å²) < 4.78 is 11.3. The van der Waals surface area contributed by atoms with Crippen LogP contribution < -0.4 is 0 Å². The van der Waals surface area contributed by atoms with E-state index in [-0.39, 0.29) is 11.9 Å². The van der Waals surface area contributed by atoms with Crippen LogP contribution in [0, 0.1) is 6.92 Å². The van der Waals surface area contributed by atoms with Crippen LogP contribution in [0.15, 0.2) is 69.7 Å². The van der Waals surface area contributed by atoms with Crippen LogP contribution in [0.25, 0.3) is 22.2 Å². The first-order chi connectivity index (χ1) is 13.7. The molecule has 1 aliphatic heterocycles. The number of carbonyl (C=O) groups is 1. The Hall–Kier alpha value is -3.34. The van der Waals surface area contributed by atoms with Gasteiger partial charge < -0.3 is 13.7 Å². The van der Waals surface area contributed by atoms with Crippen molar-refractivity contribution in [1.29, 1.82) is 0 Å². The Kier molecular flexibility index (Phi) is 4.01. The summed E-state index contributed by atoms with van der Waals surface area (Å²) in [5.41, 5.74) is 5.07. The van der Waals surface area contributed by atoms with Gasteiger partial charge in [-0.25, -0.2) is 4.98 Å². The van der Waals surface area contributed by atoms with Gasteiger partial charge in [-0.15, -0.1) is 0 Å². The Morgan fingerprint density at radius 1 is 1.14 bits per heavy atom. The van der Waals surface area contributed by atoms with Gasteiger partial charge in [-0.3, -0.25) is 4.79 Å². The van der Waals surface area contributed by atoms with Gasteiger partial charge in [0, 0.05) is 6.54 Å². The molecule has 0 spiro atoms. The minimum absolute atomic E-state index is 0.115. The van der Waals surface area contributed by atoms with E-state index in [4.69, 9.17) is 13.8 Å². The van der Waals surface area contributed by atoms with Crippen LogP contribution >= 0.6 is 0 Å². The number of hydrogen-bond acceptors (Lipinski definition) is 4. The molecule has 140 valence electrons. The number of rotatable bonds is 3. The Morgan fingerprint density at radius 3 is 2.86 bits per heavy atom. The van der Waals surface area contributed by atoms with E-state index in [0.29, 0.717) is 18.2 Å². The summed E-state index contributed by atoms with van der Waals surface area (Å²) in [4.78, 5) is 19.3. The van der Waals surface area contributed by atoms with Gasteiger partial charge in [0.1, 0.15) is 11.6 Å². The van der Waals surface area contributed by atoms with E-state index in [9.17, 15) is 4.79 Å². The molecule has 2 aromatic heterocycles. The molecule has 0 bridgehead atoms. The summed E-state index contributed by atoms with van der Waals surface area (Å²) in [6, 6.07) is 17.6. The summed E-state index contributed by atoms with van der Waals surface area (Å²) in [7, 11) is 0. The van der Waals surface area contributed by atoms with Crippen LogP contribution in [0.5, 0.6) is 0 Å². The first-order valence-electron chi connectivity index (χ1n) is 9.52. The number of fused-ring (bicyclic) bond motifs is 1. The highest BCUT2D eigenvalue weighted by Gasteiger charge is 2.35. The lowest BCUT2D eigenvalue weighted by Crippen LogP contribution is -2.30. The fourth-order valence-corrected chi connectivity index (χ4v) is 3.96. The number of aromatic nitrogens is 1. The van der Waals surface area contributed by atoms with Crippen LogP contribution in [0.3, 0.4) is 0 Å². The molecule has 1 saturated heterocycles. The van der Waals surface area contributed by atoms with Crippen molar-refractivity contribution in [2.75, 3.05) is 6.54 Å². The quantitative estimate of drug-likeness (QED) is 0.485. The fourth-order valence-electron chi connectivity index (χ4n) is 3.96. The first kappa shape index (κ1) is 16.8. The van der Waals surface area contributed by atoms with Gasteiger partial charge in [0.2, 0.25) is 5.89 Å². The zero-order chi connectivity index (χ0) is 19.1. The number of amides is 1. The molecule has 0 N–H and O–H groups in total. The lowest BCUT2D eigenvalue weighted by molar-refractivity contribution is 0.0684. The molecule has 4 aromatic rings. The predicted molar refractivity (Wildman–Crippen MR) is 106 cm³/mol. The van der Waals surface area contributed by atoms with Gasteiger partial charge in [0.05, 0.1) is 6.26 Å². The zero-order valence-corrected chi connectivity index (χ0v) is 15.6. The SMILES string of the molecule is Cc1ccccc1-c1ccc2oc([C@H]3CCCN3C(=O)c3ccco3)nc2c1. The molecule has 0 aliphatic carbocycles. The Labute approximate surface area is 162 Å². The highest BCUT2D eigenvalue weighted by Crippen LogP contribution is 2.35. The lowest BCUT2D eigenvalue weighted by Gasteiger charge is -2.20. The monoisotopic (exact) mass is 372 g/mol. The number of nitrogens with zero attached hydrogens (tertiary/aromatic N) is 2. The van der Waals surface area contributed by atoms with Crippen molar-refractivity contribution in [3.8, 4) is 11.1 Å². The third-order valence-corrected chi connectivity index (χ3v) is 5.39. The molecule has 28 heavy (non-hydrogen) atoms. The number of carbonyl (C=O) groups excluding carboxylic acids is 1. The van der Waals surface area contributed by atoms with Gasteiger partial charge in [0.15, 0.2) is 11.3 Å². The van der Waals surface area contributed by atoms with Crippen LogP contribution in [0.4, 0.5) is 0 Å². The number of likely N-dealkylation sites (tertiary alicyclic amines) is 1. The van der Waals surface area contributed by atoms with Crippen molar-refractivity contribution in [2.45, 2.75) is 25.8 Å². The molecule has 0 unspecified atom stereocenters. The smallest absolute Gasteiger partial charge is 0.290 e. The zero-order valence-electron chi connectivity index (χ0n) is 15.6. The largest absolute Gasteiger partial charge is 0.459 e. The number of benzene rings is 2. The molecule has 0 radical (unpaired) electrons. The third kappa shape index (κ3) is 2.80. The van der Waals surface area contributed by atoms with E-state index < -0.39 is 0 Å². The highest BCUT2D eigenvalue weighted by molar-refractivity contribution is 5.92. The van der Waals surface area contributed by atoms with Crippen LogP contribution in [0.2, 0.25) is 0 Å². The molecule has 0 saturated carbocycles. The molecular weight excluding hydrogens is 352 g/mol. The second-order valence-electron chi connectivity index (χ2n) is 7.18. The molecule has 2 aromatic carbocycles. The maximum Gasteiger partial charge on any atom is 0.290 e. The molecular formula is C23H20N2O3. The molecule has 1 fully saturated rings. The summed E-state index contributed by atoms with van der Waals surface area (Å²) in [6.07, 6.45) is 3.28. The van der Waals surface area contributed by atoms with Gasteiger partial charge in [-0.1, -0.05) is 30.3 Å². The molecule has 1 aliphatic rings. The molecule has 3 heterocycles. The van der Waals surface area contributed by atoms with Gasteiger partial charge in [0.25, 0.3) is 5.91 Å². The summed E-state index contributed by atoms with van der Waals surface area (Å²) in [5.74, 6) is 0.828. The van der Waals surface area contributed by atoms with Crippen LogP contribution in [-0.4, -0.2) is 22.3 Å². The molecule has 5 heteroatoms. The number of furan rings is 1. The molecule has 1 amide bonds. The Bertz CT molecular complexity index is 1140. The van der Waals surface area contributed by atoms with Crippen LogP contribution in [-0.2, 0) is 0 Å². The molecule has 5 rings (SSSR count). The maximum absolute atomic E-state index is 12.7. The van der Waals surface area contributed by atoms with E-state index >= 15 is 0 Å². The third-order valence-electron chi connectivity index (χ3n) is 5.39. The van der Waals surface area contributed by atoms with Crippen molar-refractivity contribution in [3.63, 3.8) is 0 Å². The Balaban J connectivity index is 1.49. The van der Waals surface area contributed by atoms with E-state index in [2.05, 4.69) is 31.2 Å². The van der Waals surface area contributed by atoms with Crippen LogP contribution in [0.1, 0.15) is 40.9 Å². The lowest BCUT2D eigenvalue weighted by atomic mass is 10.0. The predicted octanol–water partition coefficient (Wildman–Crippen LogP) is 5.37. The molecule has 1 atom stereocenters. The van der Waals surface area contributed by atoms with Crippen molar-refractivity contribution in [3.05, 3.63) is 78.1 Å². The average Bonchev–Trinajstić information content (AvgIpc) is 3.47. The van der Waals surface area contributed by atoms with E-state index in [1.165, 1.54) is 17.4 Å². The van der Waals surface area contributed by atoms with E-state index in [1.54, 1.807) is 17.0 Å². The van der Waals surface area contributed by atoms with Gasteiger partial charge in [-0.2, -0.15) is 0 Å². The second kappa shape index (κ2) is 6.68. The van der Waals surface area contributed by atoms with Crippen molar-refractivity contribution < 1.29 is 13.6 Å². The second-order valence-corrected chi connectivity index (χ2v) is 7.18. The van der Waals surface area contributed by atoms with E-state index in [1.807, 2.05) is 18.2 Å². The van der Waals surface area contributed by atoms with E-state index in [0.717, 1.165) is 29.5 Å². The minimum Gasteiger partial charge on any atom is -0.459 e. The van der Waals surface area contributed by atoms with Crippen molar-refractivity contribution >= 4 is 17.0 Å². The van der Waals surface area contributed by atoms with Crippen molar-refractivity contribution in [1.82, 2.24) is 9.88 Å². The molecule has 5 nitrogen and oxygen atoms in total. The highest BCUT2D eigenvalue weighted by atomic mass is 16.4. The number of hydrogen-bond donors (Lipinski definition) is 0. The topological polar surface area (TPSA) is 59.5 Å². The summed E-state index contributed by atoms with van der Waals surface area (Å²) in [6.45, 7) is 2.78. The standard InChI is InChI=1S/C23H20N2O3/c1-15-6-2-3-7-17(15)16-10-11-20-18(14-16)24-22(28-20)19-8-4-12-25(19)23(26)21-9-5-13-27-21/h2-3,5-7,9-11,13-14,19H,4,8,12H2,1H3/t19-/m1/s1. The fraction of sp³-hybridized carbons (Fsp3) is 0.217. The number of aryl methyl sites for hydroxylation is 1. The number of oxazole rings is 1. The van der Waals surface area contributed by atoms with Crippen molar-refractivity contribution in [2.24, 2.45) is 0 Å². The first-order valence-corrected chi connectivity index (χ1v) is 9.52. The minimum atomic E-state index is -0.160. The normalized spacial score (nSPS) is 16.8. The maximum atomic E-state index is 12.7. The average molecular weight is 372 g/mol. The van der Waals surface area contributed by atoms with Gasteiger partial charge >= 0.3 is 0 Å². The summed E-state index contributed by atoms with van der Waals surface area (Å²) >= 11 is 0. The summed E-state index contributed by atoms with van der Waals surface area (Å²) in [5, 5.41) is 0. The Morgan fingerprint density at radius 2 is 2.04 bits per heavy atom. The van der Waals surface area contributed by atoms with Gasteiger partial charge in [-0.05, 0) is 60.7 Å².